The van der Waals surface area contributed by atoms with E-state index in [1.165, 1.54) is 0 Å². The molecule has 1 heterocycles. The van der Waals surface area contributed by atoms with E-state index in [0.29, 0.717) is 23.1 Å². The summed E-state index contributed by atoms with van der Waals surface area (Å²) in [5.74, 6) is 1.25. The van der Waals surface area contributed by atoms with Gasteiger partial charge in [-0.3, -0.25) is 9.69 Å². The first kappa shape index (κ1) is 14.5. The van der Waals surface area contributed by atoms with Crippen LogP contribution in [0.3, 0.4) is 0 Å². The molecule has 0 saturated carbocycles. The Bertz CT molecular complexity index is 525. The number of likely N-dealkylation sites (tertiary alicyclic amines) is 1. The van der Waals surface area contributed by atoms with Crippen LogP contribution in [-0.2, 0) is 4.79 Å². The zero-order chi connectivity index (χ0) is 14.7. The van der Waals surface area contributed by atoms with Gasteiger partial charge >= 0.3 is 0 Å². The van der Waals surface area contributed by atoms with Crippen molar-refractivity contribution in [3.8, 4) is 6.07 Å². The maximum atomic E-state index is 12.3. The summed E-state index contributed by atoms with van der Waals surface area (Å²) in [5.41, 5.74) is 1.24. The standard InChI is InChI=1S/C16H21N3O/c1-11-9-19(10-12(11)2)13(3)16(20)18-15-6-4-5-14(7-15)8-17/h4-7,11-13H,9-10H2,1-3H3,(H,18,20). The van der Waals surface area contributed by atoms with Gasteiger partial charge in [0.15, 0.2) is 0 Å². The number of hydrogen-bond donors (Lipinski definition) is 1. The summed E-state index contributed by atoms with van der Waals surface area (Å²) in [4.78, 5) is 14.5. The van der Waals surface area contributed by atoms with Crippen LogP contribution in [0.2, 0.25) is 0 Å². The summed E-state index contributed by atoms with van der Waals surface area (Å²) >= 11 is 0. The molecule has 0 bridgehead atoms. The van der Waals surface area contributed by atoms with Gasteiger partial charge in [-0.2, -0.15) is 5.26 Å². The first-order valence-electron chi connectivity index (χ1n) is 7.06. The molecule has 0 aromatic heterocycles. The van der Waals surface area contributed by atoms with Crippen molar-refractivity contribution in [2.24, 2.45) is 11.8 Å². The highest BCUT2D eigenvalue weighted by atomic mass is 16.2. The Morgan fingerprint density at radius 3 is 2.65 bits per heavy atom. The van der Waals surface area contributed by atoms with Gasteiger partial charge in [0.2, 0.25) is 5.91 Å². The quantitative estimate of drug-likeness (QED) is 0.918. The summed E-state index contributed by atoms with van der Waals surface area (Å²) < 4.78 is 0. The lowest BCUT2D eigenvalue weighted by atomic mass is 10.0. The molecule has 0 radical (unpaired) electrons. The number of nitriles is 1. The van der Waals surface area contributed by atoms with Crippen molar-refractivity contribution in [3.05, 3.63) is 29.8 Å². The van der Waals surface area contributed by atoms with Gasteiger partial charge < -0.3 is 5.32 Å². The largest absolute Gasteiger partial charge is 0.325 e. The third-order valence-corrected chi connectivity index (χ3v) is 4.20. The fourth-order valence-electron chi connectivity index (χ4n) is 2.57. The van der Waals surface area contributed by atoms with E-state index in [9.17, 15) is 4.79 Å². The fourth-order valence-corrected chi connectivity index (χ4v) is 2.57. The second-order valence-electron chi connectivity index (χ2n) is 5.77. The molecular weight excluding hydrogens is 250 g/mol. The number of amides is 1. The molecule has 1 amide bonds. The number of nitrogens with one attached hydrogen (secondary N) is 1. The molecule has 2 rings (SSSR count). The van der Waals surface area contributed by atoms with Crippen LogP contribution < -0.4 is 5.32 Å². The van der Waals surface area contributed by atoms with E-state index in [1.807, 2.05) is 6.92 Å². The number of hydrogen-bond acceptors (Lipinski definition) is 3. The van der Waals surface area contributed by atoms with Crippen molar-refractivity contribution in [2.45, 2.75) is 26.8 Å². The lowest BCUT2D eigenvalue weighted by Gasteiger charge is -2.23. The maximum absolute atomic E-state index is 12.3. The van der Waals surface area contributed by atoms with Crippen LogP contribution >= 0.6 is 0 Å². The molecule has 0 spiro atoms. The Balaban J connectivity index is 1.99. The number of nitrogens with zero attached hydrogens (tertiary/aromatic N) is 2. The molecule has 1 saturated heterocycles. The minimum Gasteiger partial charge on any atom is -0.325 e. The smallest absolute Gasteiger partial charge is 0.241 e. The third-order valence-electron chi connectivity index (χ3n) is 4.20. The molecular formula is C16H21N3O. The number of rotatable bonds is 3. The summed E-state index contributed by atoms with van der Waals surface area (Å²) in [6, 6.07) is 8.93. The molecule has 0 aliphatic carbocycles. The Morgan fingerprint density at radius 1 is 1.40 bits per heavy atom. The Kier molecular flexibility index (Phi) is 4.41. The monoisotopic (exact) mass is 271 g/mol. The van der Waals surface area contributed by atoms with Crippen molar-refractivity contribution in [1.29, 1.82) is 5.26 Å². The number of carbonyl (C=O) groups excluding carboxylic acids is 1. The van der Waals surface area contributed by atoms with E-state index in [1.54, 1.807) is 24.3 Å². The predicted molar refractivity (Wildman–Crippen MR) is 79.1 cm³/mol. The minimum atomic E-state index is -0.145. The number of anilines is 1. The van der Waals surface area contributed by atoms with Crippen LogP contribution in [0.5, 0.6) is 0 Å². The average Bonchev–Trinajstić information content (AvgIpc) is 2.78. The van der Waals surface area contributed by atoms with E-state index in [-0.39, 0.29) is 11.9 Å². The zero-order valence-corrected chi connectivity index (χ0v) is 12.3. The zero-order valence-electron chi connectivity index (χ0n) is 12.3. The first-order valence-corrected chi connectivity index (χ1v) is 7.06. The summed E-state index contributed by atoms with van der Waals surface area (Å²) in [5, 5.41) is 11.8. The number of carbonyl (C=O) groups is 1. The molecule has 4 nitrogen and oxygen atoms in total. The van der Waals surface area contributed by atoms with Gasteiger partial charge in [0.05, 0.1) is 17.7 Å². The predicted octanol–water partition coefficient (Wildman–Crippen LogP) is 2.47. The van der Waals surface area contributed by atoms with Crippen molar-refractivity contribution >= 4 is 11.6 Å². The fraction of sp³-hybridized carbons (Fsp3) is 0.500. The van der Waals surface area contributed by atoms with E-state index in [4.69, 9.17) is 5.26 Å². The molecule has 1 aliphatic rings. The Hall–Kier alpha value is -1.86. The normalized spacial score (nSPS) is 24.1. The van der Waals surface area contributed by atoms with Crippen LogP contribution in [0.4, 0.5) is 5.69 Å². The molecule has 1 aromatic rings. The van der Waals surface area contributed by atoms with E-state index in [0.717, 1.165) is 13.1 Å². The highest BCUT2D eigenvalue weighted by molar-refractivity contribution is 5.94. The molecule has 20 heavy (non-hydrogen) atoms. The SMILES string of the molecule is CC1CN(C(C)C(=O)Nc2cccc(C#N)c2)CC1C. The van der Waals surface area contributed by atoms with Gasteiger partial charge in [0.25, 0.3) is 0 Å². The highest BCUT2D eigenvalue weighted by Gasteiger charge is 2.31. The lowest BCUT2D eigenvalue weighted by molar-refractivity contribution is -0.120. The van der Waals surface area contributed by atoms with Crippen molar-refractivity contribution in [1.82, 2.24) is 4.90 Å². The second-order valence-corrected chi connectivity index (χ2v) is 5.77. The van der Waals surface area contributed by atoms with Crippen LogP contribution in [0.25, 0.3) is 0 Å². The van der Waals surface area contributed by atoms with E-state index >= 15 is 0 Å². The summed E-state index contributed by atoms with van der Waals surface area (Å²) in [6.07, 6.45) is 0. The van der Waals surface area contributed by atoms with E-state index in [2.05, 4.69) is 30.1 Å². The second kappa shape index (κ2) is 6.06. The van der Waals surface area contributed by atoms with Crippen LogP contribution in [0.1, 0.15) is 26.3 Å². The van der Waals surface area contributed by atoms with Gasteiger partial charge in [-0.25, -0.2) is 0 Å². The molecule has 106 valence electrons. The van der Waals surface area contributed by atoms with E-state index < -0.39 is 0 Å². The molecule has 3 atom stereocenters. The van der Waals surface area contributed by atoms with Crippen molar-refractivity contribution in [3.63, 3.8) is 0 Å². The topological polar surface area (TPSA) is 56.1 Å². The molecule has 1 N–H and O–H groups in total. The van der Waals surface area contributed by atoms with Gasteiger partial charge in [-0.05, 0) is 37.0 Å². The molecule has 3 unspecified atom stereocenters. The summed E-state index contributed by atoms with van der Waals surface area (Å²) in [7, 11) is 0. The van der Waals surface area contributed by atoms with Gasteiger partial charge in [0, 0.05) is 18.8 Å². The minimum absolute atomic E-state index is 0.0126. The molecule has 1 fully saturated rings. The van der Waals surface area contributed by atoms with Crippen molar-refractivity contribution < 1.29 is 4.79 Å². The lowest BCUT2D eigenvalue weighted by Crippen LogP contribution is -2.40. The summed E-state index contributed by atoms with van der Waals surface area (Å²) in [6.45, 7) is 8.33. The van der Waals surface area contributed by atoms with Gasteiger partial charge in [-0.15, -0.1) is 0 Å². The average molecular weight is 271 g/mol. The molecule has 1 aliphatic heterocycles. The van der Waals surface area contributed by atoms with Crippen LogP contribution in [0.15, 0.2) is 24.3 Å². The molecule has 4 heteroatoms. The van der Waals surface area contributed by atoms with Crippen LogP contribution in [-0.4, -0.2) is 29.9 Å². The van der Waals surface area contributed by atoms with Gasteiger partial charge in [0.1, 0.15) is 0 Å². The third kappa shape index (κ3) is 3.17. The van der Waals surface area contributed by atoms with Crippen LogP contribution in [0, 0.1) is 23.2 Å². The Labute approximate surface area is 120 Å². The highest BCUT2D eigenvalue weighted by Crippen LogP contribution is 2.24. The Morgan fingerprint density at radius 2 is 2.05 bits per heavy atom. The molecule has 1 aromatic carbocycles. The number of benzene rings is 1. The van der Waals surface area contributed by atoms with Crippen molar-refractivity contribution in [2.75, 3.05) is 18.4 Å². The maximum Gasteiger partial charge on any atom is 0.241 e. The first-order chi connectivity index (χ1) is 9.51. The van der Waals surface area contributed by atoms with Gasteiger partial charge in [-0.1, -0.05) is 19.9 Å².